The van der Waals surface area contributed by atoms with E-state index in [0.29, 0.717) is 5.69 Å². The van der Waals surface area contributed by atoms with E-state index in [9.17, 15) is 5.11 Å². The van der Waals surface area contributed by atoms with Crippen LogP contribution in [0.25, 0.3) is 10.2 Å². The molecule has 1 aromatic heterocycles. The summed E-state index contributed by atoms with van der Waals surface area (Å²) in [4.78, 5) is 4.19. The summed E-state index contributed by atoms with van der Waals surface area (Å²) in [6, 6.07) is 3.71. The van der Waals surface area contributed by atoms with Crippen molar-refractivity contribution in [3.05, 3.63) is 23.2 Å². The zero-order valence-electron chi connectivity index (χ0n) is 8.11. The second kappa shape index (κ2) is 2.93. The van der Waals surface area contributed by atoms with Crippen LogP contribution in [0.1, 0.15) is 19.4 Å². The molecule has 0 aliphatic heterocycles. The van der Waals surface area contributed by atoms with Crippen LogP contribution in [0.2, 0.25) is 0 Å². The first-order valence-electron chi connectivity index (χ1n) is 4.34. The predicted octanol–water partition coefficient (Wildman–Crippen LogP) is 2.11. The van der Waals surface area contributed by atoms with Crippen LogP contribution in [-0.4, -0.2) is 10.1 Å². The molecule has 0 spiro atoms. The summed E-state index contributed by atoms with van der Waals surface area (Å²) in [5.41, 5.74) is 8.95. The van der Waals surface area contributed by atoms with Crippen LogP contribution < -0.4 is 5.73 Å². The summed E-state index contributed by atoms with van der Waals surface area (Å²) in [5.74, 6) is 0. The number of nitrogen functional groups attached to an aromatic ring is 1. The fourth-order valence-electron chi connectivity index (χ4n) is 1.45. The third-order valence-corrected chi connectivity index (χ3v) is 2.95. The van der Waals surface area contributed by atoms with Gasteiger partial charge in [-0.2, -0.15) is 0 Å². The molecule has 0 atom stereocenters. The minimum Gasteiger partial charge on any atom is -0.398 e. The molecule has 0 saturated heterocycles. The number of nitrogens with two attached hydrogens (primary N) is 1. The Balaban J connectivity index is 2.71. The van der Waals surface area contributed by atoms with E-state index in [-0.39, 0.29) is 0 Å². The van der Waals surface area contributed by atoms with E-state index < -0.39 is 5.60 Å². The van der Waals surface area contributed by atoms with Gasteiger partial charge in [-0.1, -0.05) is 0 Å². The maximum Gasteiger partial charge on any atom is 0.0861 e. The molecule has 1 aromatic carbocycles. The Morgan fingerprint density at radius 3 is 2.79 bits per heavy atom. The second-order valence-electron chi connectivity index (χ2n) is 3.82. The van der Waals surface area contributed by atoms with Crippen molar-refractivity contribution in [3.63, 3.8) is 0 Å². The van der Waals surface area contributed by atoms with Gasteiger partial charge in [-0.05, 0) is 26.0 Å². The van der Waals surface area contributed by atoms with Gasteiger partial charge in [0.05, 0.1) is 21.3 Å². The molecular formula is C10H12N2OS. The van der Waals surface area contributed by atoms with Crippen LogP contribution in [0.15, 0.2) is 17.6 Å². The van der Waals surface area contributed by atoms with Crippen molar-refractivity contribution >= 4 is 27.2 Å². The topological polar surface area (TPSA) is 59.1 Å². The summed E-state index contributed by atoms with van der Waals surface area (Å²) in [5, 5.41) is 9.86. The highest BCUT2D eigenvalue weighted by atomic mass is 32.1. The average molecular weight is 208 g/mol. The molecule has 3 nitrogen and oxygen atoms in total. The zero-order chi connectivity index (χ0) is 10.3. The summed E-state index contributed by atoms with van der Waals surface area (Å²) >= 11 is 1.55. The fourth-order valence-corrected chi connectivity index (χ4v) is 2.16. The van der Waals surface area contributed by atoms with E-state index in [1.54, 1.807) is 30.7 Å². The van der Waals surface area contributed by atoms with E-state index in [1.165, 1.54) is 0 Å². The normalized spacial score (nSPS) is 12.2. The van der Waals surface area contributed by atoms with Crippen molar-refractivity contribution in [2.24, 2.45) is 0 Å². The first-order valence-corrected chi connectivity index (χ1v) is 5.22. The number of rotatable bonds is 1. The summed E-state index contributed by atoms with van der Waals surface area (Å²) in [6.07, 6.45) is 0. The van der Waals surface area contributed by atoms with Gasteiger partial charge in [0.2, 0.25) is 0 Å². The lowest BCUT2D eigenvalue weighted by Crippen LogP contribution is -2.17. The molecule has 0 saturated carbocycles. The van der Waals surface area contributed by atoms with E-state index >= 15 is 0 Å². The van der Waals surface area contributed by atoms with Crippen molar-refractivity contribution < 1.29 is 5.11 Å². The molecule has 14 heavy (non-hydrogen) atoms. The van der Waals surface area contributed by atoms with Gasteiger partial charge in [0.15, 0.2) is 0 Å². The highest BCUT2D eigenvalue weighted by Gasteiger charge is 2.19. The number of aromatic nitrogens is 1. The number of nitrogens with zero attached hydrogens (tertiary/aromatic N) is 1. The number of fused-ring (bicyclic) bond motifs is 1. The molecule has 4 heteroatoms. The van der Waals surface area contributed by atoms with E-state index in [1.807, 2.05) is 12.1 Å². The van der Waals surface area contributed by atoms with Crippen LogP contribution in [0.4, 0.5) is 5.69 Å². The molecule has 0 bridgehead atoms. The summed E-state index contributed by atoms with van der Waals surface area (Å²) < 4.78 is 1.05. The number of hydrogen-bond acceptors (Lipinski definition) is 4. The lowest BCUT2D eigenvalue weighted by molar-refractivity contribution is 0.0795. The fraction of sp³-hybridized carbons (Fsp3) is 0.300. The van der Waals surface area contributed by atoms with Crippen LogP contribution in [0, 0.1) is 0 Å². The van der Waals surface area contributed by atoms with Crippen molar-refractivity contribution in [2.75, 3.05) is 5.73 Å². The van der Waals surface area contributed by atoms with Crippen LogP contribution in [0.3, 0.4) is 0 Å². The van der Waals surface area contributed by atoms with Crippen molar-refractivity contribution in [1.29, 1.82) is 0 Å². The molecule has 0 radical (unpaired) electrons. The monoisotopic (exact) mass is 208 g/mol. The third kappa shape index (κ3) is 1.47. The first kappa shape index (κ1) is 9.43. The standard InChI is InChI=1S/C10H12N2OS/c1-10(2,13)6-3-8-9(4-7(6)11)14-5-12-8/h3-5,13H,11H2,1-2H3. The van der Waals surface area contributed by atoms with Crippen molar-refractivity contribution in [3.8, 4) is 0 Å². The van der Waals surface area contributed by atoms with Crippen molar-refractivity contribution in [2.45, 2.75) is 19.4 Å². The molecule has 3 N–H and O–H groups in total. The second-order valence-corrected chi connectivity index (χ2v) is 4.70. The molecule has 0 aliphatic rings. The van der Waals surface area contributed by atoms with Gasteiger partial charge in [0.1, 0.15) is 0 Å². The maximum absolute atomic E-state index is 9.86. The smallest absolute Gasteiger partial charge is 0.0861 e. The molecule has 0 unspecified atom stereocenters. The van der Waals surface area contributed by atoms with Crippen molar-refractivity contribution in [1.82, 2.24) is 4.98 Å². The Kier molecular flexibility index (Phi) is 1.97. The van der Waals surface area contributed by atoms with Gasteiger partial charge < -0.3 is 10.8 Å². The van der Waals surface area contributed by atoms with E-state index in [2.05, 4.69) is 4.98 Å². The highest BCUT2D eigenvalue weighted by Crippen LogP contribution is 2.31. The minimum atomic E-state index is -0.915. The van der Waals surface area contributed by atoms with Gasteiger partial charge in [0, 0.05) is 11.3 Å². The zero-order valence-corrected chi connectivity index (χ0v) is 8.93. The van der Waals surface area contributed by atoms with Gasteiger partial charge in [-0.3, -0.25) is 0 Å². The lowest BCUT2D eigenvalue weighted by atomic mass is 9.96. The van der Waals surface area contributed by atoms with Gasteiger partial charge in [-0.15, -0.1) is 11.3 Å². The first-order chi connectivity index (χ1) is 6.48. The lowest BCUT2D eigenvalue weighted by Gasteiger charge is -2.19. The molecule has 0 amide bonds. The Bertz CT molecular complexity index is 470. The number of hydrogen-bond donors (Lipinski definition) is 2. The predicted molar refractivity (Wildman–Crippen MR) is 59.3 cm³/mol. The molecule has 0 aliphatic carbocycles. The van der Waals surface area contributed by atoms with Crippen LogP contribution in [0.5, 0.6) is 0 Å². The Hall–Kier alpha value is -1.13. The van der Waals surface area contributed by atoms with E-state index in [0.717, 1.165) is 15.8 Å². The number of aliphatic hydroxyl groups is 1. The SMILES string of the molecule is CC(C)(O)c1cc2ncsc2cc1N. The summed E-state index contributed by atoms with van der Waals surface area (Å²) in [7, 11) is 0. The quantitative estimate of drug-likeness (QED) is 0.706. The number of anilines is 1. The largest absolute Gasteiger partial charge is 0.398 e. The Morgan fingerprint density at radius 1 is 1.43 bits per heavy atom. The summed E-state index contributed by atoms with van der Waals surface area (Å²) in [6.45, 7) is 3.44. The minimum absolute atomic E-state index is 0.620. The maximum atomic E-state index is 9.86. The number of thiazole rings is 1. The molecule has 2 rings (SSSR count). The van der Waals surface area contributed by atoms with Gasteiger partial charge >= 0.3 is 0 Å². The highest BCUT2D eigenvalue weighted by molar-refractivity contribution is 7.16. The van der Waals surface area contributed by atoms with Gasteiger partial charge in [-0.25, -0.2) is 4.98 Å². The molecule has 74 valence electrons. The van der Waals surface area contributed by atoms with E-state index in [4.69, 9.17) is 5.73 Å². The van der Waals surface area contributed by atoms with Crippen LogP contribution >= 0.6 is 11.3 Å². The van der Waals surface area contributed by atoms with Gasteiger partial charge in [0.25, 0.3) is 0 Å². The number of benzene rings is 1. The molecular weight excluding hydrogens is 196 g/mol. The van der Waals surface area contributed by atoms with Crippen LogP contribution in [-0.2, 0) is 5.60 Å². The third-order valence-electron chi connectivity index (χ3n) is 2.16. The Morgan fingerprint density at radius 2 is 2.14 bits per heavy atom. The Labute approximate surface area is 86.2 Å². The molecule has 2 aromatic rings. The molecule has 0 fully saturated rings. The average Bonchev–Trinajstić information content (AvgIpc) is 2.47. The molecule has 1 heterocycles.